The lowest BCUT2D eigenvalue weighted by molar-refractivity contribution is -0.116. The van der Waals surface area contributed by atoms with E-state index in [1.165, 1.54) is 6.42 Å². The van der Waals surface area contributed by atoms with Gasteiger partial charge < -0.3 is 15.4 Å². The standard InChI is InChI=1S/C21H26N2O2.ClH/c1-16-18(15-25-19-7-3-2-4-8-19)6-5-9-20(16)23-21(24)11-10-17-12-13-22-14-17;/h2-9,17,22H,10-15H2,1H3,(H,23,24);1H. The van der Waals surface area contributed by atoms with Crippen LogP contribution in [-0.2, 0) is 11.4 Å². The third kappa shape index (κ3) is 5.75. The minimum Gasteiger partial charge on any atom is -0.489 e. The number of ether oxygens (including phenoxy) is 1. The molecular formula is C21H27ClN2O2. The van der Waals surface area contributed by atoms with E-state index in [0.29, 0.717) is 18.9 Å². The molecule has 0 bridgehead atoms. The van der Waals surface area contributed by atoms with E-state index in [4.69, 9.17) is 4.74 Å². The summed E-state index contributed by atoms with van der Waals surface area (Å²) >= 11 is 0. The van der Waals surface area contributed by atoms with Gasteiger partial charge in [0.2, 0.25) is 5.91 Å². The fraction of sp³-hybridized carbons (Fsp3) is 0.381. The molecule has 0 aliphatic carbocycles. The van der Waals surface area contributed by atoms with Crippen LogP contribution in [0.4, 0.5) is 5.69 Å². The molecule has 140 valence electrons. The number of halogens is 1. The number of carbonyl (C=O) groups excluding carboxylic acids is 1. The molecule has 1 aliphatic heterocycles. The molecule has 1 saturated heterocycles. The van der Waals surface area contributed by atoms with Gasteiger partial charge >= 0.3 is 0 Å². The minimum absolute atomic E-state index is 0. The number of hydrogen-bond donors (Lipinski definition) is 2. The third-order valence-corrected chi connectivity index (χ3v) is 4.80. The molecule has 1 atom stereocenters. The Morgan fingerprint density at radius 1 is 1.19 bits per heavy atom. The Morgan fingerprint density at radius 2 is 2.00 bits per heavy atom. The molecule has 1 heterocycles. The van der Waals surface area contributed by atoms with Crippen LogP contribution in [0.3, 0.4) is 0 Å². The maximum Gasteiger partial charge on any atom is 0.224 e. The lowest BCUT2D eigenvalue weighted by Crippen LogP contribution is -2.16. The first-order valence-electron chi connectivity index (χ1n) is 8.99. The lowest BCUT2D eigenvalue weighted by Gasteiger charge is -2.14. The van der Waals surface area contributed by atoms with E-state index in [1.807, 2.05) is 55.5 Å². The monoisotopic (exact) mass is 374 g/mol. The fourth-order valence-corrected chi connectivity index (χ4v) is 3.16. The van der Waals surface area contributed by atoms with E-state index in [2.05, 4.69) is 10.6 Å². The van der Waals surface area contributed by atoms with Crippen molar-refractivity contribution in [3.63, 3.8) is 0 Å². The maximum atomic E-state index is 12.2. The molecule has 3 rings (SSSR count). The number of rotatable bonds is 7. The Balaban J connectivity index is 0.00000243. The first-order chi connectivity index (χ1) is 12.2. The summed E-state index contributed by atoms with van der Waals surface area (Å²) in [5, 5.41) is 6.40. The highest BCUT2D eigenvalue weighted by Crippen LogP contribution is 2.22. The Hall–Kier alpha value is -2.04. The van der Waals surface area contributed by atoms with Crippen molar-refractivity contribution >= 4 is 24.0 Å². The first kappa shape index (κ1) is 20.3. The number of para-hydroxylation sites is 1. The lowest BCUT2D eigenvalue weighted by atomic mass is 10.0. The smallest absolute Gasteiger partial charge is 0.224 e. The summed E-state index contributed by atoms with van der Waals surface area (Å²) in [6.45, 7) is 4.64. The Morgan fingerprint density at radius 3 is 2.73 bits per heavy atom. The molecule has 0 saturated carbocycles. The zero-order valence-corrected chi connectivity index (χ0v) is 16.0. The predicted octanol–water partition coefficient (Wildman–Crippen LogP) is 4.32. The number of carbonyl (C=O) groups is 1. The topological polar surface area (TPSA) is 50.4 Å². The Kier molecular flexibility index (Phi) is 7.95. The number of amides is 1. The van der Waals surface area contributed by atoms with Crippen molar-refractivity contribution in [1.82, 2.24) is 5.32 Å². The van der Waals surface area contributed by atoms with Gasteiger partial charge in [-0.2, -0.15) is 0 Å². The molecule has 5 heteroatoms. The highest BCUT2D eigenvalue weighted by molar-refractivity contribution is 5.91. The van der Waals surface area contributed by atoms with Crippen molar-refractivity contribution in [3.05, 3.63) is 59.7 Å². The number of nitrogens with one attached hydrogen (secondary N) is 2. The molecule has 1 fully saturated rings. The van der Waals surface area contributed by atoms with Crippen LogP contribution in [0.2, 0.25) is 0 Å². The van der Waals surface area contributed by atoms with E-state index in [9.17, 15) is 4.79 Å². The van der Waals surface area contributed by atoms with Crippen LogP contribution in [0.5, 0.6) is 5.75 Å². The summed E-state index contributed by atoms with van der Waals surface area (Å²) in [5.41, 5.74) is 3.03. The van der Waals surface area contributed by atoms with Crippen LogP contribution in [0.1, 0.15) is 30.4 Å². The van der Waals surface area contributed by atoms with Crippen LogP contribution in [0.25, 0.3) is 0 Å². The molecular weight excluding hydrogens is 348 g/mol. The summed E-state index contributed by atoms with van der Waals surface area (Å²) in [5.74, 6) is 1.58. The molecule has 26 heavy (non-hydrogen) atoms. The highest BCUT2D eigenvalue weighted by atomic mass is 35.5. The normalized spacial score (nSPS) is 16.0. The second-order valence-electron chi connectivity index (χ2n) is 6.64. The van der Waals surface area contributed by atoms with Crippen LogP contribution in [-0.4, -0.2) is 19.0 Å². The molecule has 0 spiro atoms. The zero-order chi connectivity index (χ0) is 17.5. The summed E-state index contributed by atoms with van der Waals surface area (Å²) in [6, 6.07) is 15.7. The van der Waals surface area contributed by atoms with Crippen LogP contribution >= 0.6 is 12.4 Å². The molecule has 0 aromatic heterocycles. The Labute approximate surface area is 161 Å². The van der Waals surface area contributed by atoms with Crippen molar-refractivity contribution in [2.75, 3.05) is 18.4 Å². The maximum absolute atomic E-state index is 12.2. The third-order valence-electron chi connectivity index (χ3n) is 4.80. The Bertz CT molecular complexity index is 700. The highest BCUT2D eigenvalue weighted by Gasteiger charge is 2.16. The summed E-state index contributed by atoms with van der Waals surface area (Å²) in [4.78, 5) is 12.2. The van der Waals surface area contributed by atoms with Gasteiger partial charge in [0.15, 0.2) is 0 Å². The SMILES string of the molecule is Cc1c(COc2ccccc2)cccc1NC(=O)CCC1CCNC1.Cl. The molecule has 1 unspecified atom stereocenters. The van der Waals surface area contributed by atoms with Crippen molar-refractivity contribution < 1.29 is 9.53 Å². The predicted molar refractivity (Wildman–Crippen MR) is 108 cm³/mol. The zero-order valence-electron chi connectivity index (χ0n) is 15.2. The number of hydrogen-bond acceptors (Lipinski definition) is 3. The van der Waals surface area contributed by atoms with E-state index < -0.39 is 0 Å². The second kappa shape index (κ2) is 10.2. The summed E-state index contributed by atoms with van der Waals surface area (Å²) in [7, 11) is 0. The fourth-order valence-electron chi connectivity index (χ4n) is 3.16. The molecule has 0 radical (unpaired) electrons. The molecule has 2 aromatic carbocycles. The van der Waals surface area contributed by atoms with Crippen molar-refractivity contribution in [2.45, 2.75) is 32.8 Å². The molecule has 2 aromatic rings. The largest absolute Gasteiger partial charge is 0.489 e. The first-order valence-corrected chi connectivity index (χ1v) is 8.99. The van der Waals surface area contributed by atoms with Gasteiger partial charge in [0.25, 0.3) is 0 Å². The van der Waals surface area contributed by atoms with Crippen molar-refractivity contribution in [3.8, 4) is 5.75 Å². The van der Waals surface area contributed by atoms with Gasteiger partial charge in [-0.15, -0.1) is 12.4 Å². The van der Waals surface area contributed by atoms with Crippen LogP contribution in [0, 0.1) is 12.8 Å². The quantitative estimate of drug-likeness (QED) is 0.758. The molecule has 2 N–H and O–H groups in total. The van der Waals surface area contributed by atoms with Gasteiger partial charge in [-0.3, -0.25) is 4.79 Å². The average molecular weight is 375 g/mol. The van der Waals surface area contributed by atoms with E-state index in [1.54, 1.807) is 0 Å². The van der Waals surface area contributed by atoms with Gasteiger partial charge in [0.1, 0.15) is 12.4 Å². The van der Waals surface area contributed by atoms with Gasteiger partial charge in [-0.1, -0.05) is 30.3 Å². The van der Waals surface area contributed by atoms with Gasteiger partial charge in [-0.25, -0.2) is 0 Å². The molecule has 4 nitrogen and oxygen atoms in total. The summed E-state index contributed by atoms with van der Waals surface area (Å²) < 4.78 is 5.83. The number of anilines is 1. The van der Waals surface area contributed by atoms with E-state index >= 15 is 0 Å². The molecule has 1 amide bonds. The van der Waals surface area contributed by atoms with Crippen LogP contribution in [0.15, 0.2) is 48.5 Å². The van der Waals surface area contributed by atoms with Crippen molar-refractivity contribution in [1.29, 1.82) is 0 Å². The average Bonchev–Trinajstić information content (AvgIpc) is 3.15. The van der Waals surface area contributed by atoms with E-state index in [0.717, 1.165) is 42.1 Å². The van der Waals surface area contributed by atoms with Gasteiger partial charge in [0.05, 0.1) is 0 Å². The van der Waals surface area contributed by atoms with Crippen molar-refractivity contribution in [2.24, 2.45) is 5.92 Å². The number of benzene rings is 2. The minimum atomic E-state index is 0. The van der Waals surface area contributed by atoms with Gasteiger partial charge in [0, 0.05) is 12.1 Å². The summed E-state index contributed by atoms with van der Waals surface area (Å²) in [6.07, 6.45) is 2.71. The molecule has 1 aliphatic rings. The second-order valence-corrected chi connectivity index (χ2v) is 6.64. The van der Waals surface area contributed by atoms with Gasteiger partial charge in [-0.05, 0) is 68.1 Å². The van der Waals surface area contributed by atoms with E-state index in [-0.39, 0.29) is 18.3 Å². The van der Waals surface area contributed by atoms with Crippen LogP contribution < -0.4 is 15.4 Å².